The maximum atomic E-state index is 11.3. The largest absolute Gasteiger partial charge is 0.343 e. The molecule has 66 valence electrons. The first kappa shape index (κ1) is 7.79. The quantitative estimate of drug-likeness (QED) is 0.672. The van der Waals surface area contributed by atoms with Crippen LogP contribution in [0, 0.1) is 0 Å². The molecular weight excluding hydrogens is 168 g/mol. The fourth-order valence-electron chi connectivity index (χ4n) is 1.28. The Kier molecular flexibility index (Phi) is 1.73. The molecule has 4 nitrogen and oxygen atoms in total. The van der Waals surface area contributed by atoms with Crippen molar-refractivity contribution in [1.82, 2.24) is 9.38 Å². The first-order valence-corrected chi connectivity index (χ1v) is 3.94. The summed E-state index contributed by atoms with van der Waals surface area (Å²) < 4.78 is 1.48. The Hall–Kier alpha value is -1.84. The molecule has 0 atom stereocenters. The lowest BCUT2D eigenvalue weighted by Crippen LogP contribution is -2.08. The molecule has 2 aromatic rings. The summed E-state index contributed by atoms with van der Waals surface area (Å²) in [5.41, 5.74) is 1.37. The van der Waals surface area contributed by atoms with Crippen LogP contribution in [-0.2, 0) is 11.2 Å². The van der Waals surface area contributed by atoms with Crippen molar-refractivity contribution in [3.8, 4) is 0 Å². The number of hydrogen-bond acceptors (Lipinski definition) is 2. The average molecular weight is 176 g/mol. The van der Waals surface area contributed by atoms with Crippen LogP contribution in [0.2, 0.25) is 0 Å². The SMILES string of the molecule is O=CCc1cn2c(=O)cccc2[nH]1. The summed E-state index contributed by atoms with van der Waals surface area (Å²) in [6.07, 6.45) is 2.75. The molecule has 2 aromatic heterocycles. The topological polar surface area (TPSA) is 54.3 Å². The molecule has 2 heterocycles. The highest BCUT2D eigenvalue weighted by atomic mass is 16.1. The van der Waals surface area contributed by atoms with Crippen molar-refractivity contribution in [3.63, 3.8) is 0 Å². The predicted octanol–water partition coefficient (Wildman–Crippen LogP) is 0.369. The summed E-state index contributed by atoms with van der Waals surface area (Å²) in [6.45, 7) is 0. The molecule has 0 aliphatic rings. The number of carbonyl (C=O) groups is 1. The summed E-state index contributed by atoms with van der Waals surface area (Å²) in [6, 6.07) is 4.94. The minimum absolute atomic E-state index is 0.0918. The second kappa shape index (κ2) is 2.90. The summed E-state index contributed by atoms with van der Waals surface area (Å²) in [5, 5.41) is 0. The second-order valence-electron chi connectivity index (χ2n) is 2.77. The molecule has 4 heteroatoms. The lowest BCUT2D eigenvalue weighted by molar-refractivity contribution is -0.107. The normalized spacial score (nSPS) is 10.5. The smallest absolute Gasteiger partial charge is 0.256 e. The van der Waals surface area contributed by atoms with E-state index < -0.39 is 0 Å². The number of carbonyl (C=O) groups excluding carboxylic acids is 1. The molecule has 2 rings (SSSR count). The third kappa shape index (κ3) is 1.26. The Morgan fingerprint density at radius 2 is 2.31 bits per heavy atom. The summed E-state index contributed by atoms with van der Waals surface area (Å²) in [4.78, 5) is 24.4. The molecule has 1 N–H and O–H groups in total. The number of pyridine rings is 1. The molecule has 0 bridgehead atoms. The van der Waals surface area contributed by atoms with Gasteiger partial charge in [0.25, 0.3) is 5.56 Å². The van der Waals surface area contributed by atoms with E-state index in [0.29, 0.717) is 12.1 Å². The van der Waals surface area contributed by atoms with Crippen molar-refractivity contribution in [2.24, 2.45) is 0 Å². The van der Waals surface area contributed by atoms with Gasteiger partial charge in [-0.2, -0.15) is 0 Å². The van der Waals surface area contributed by atoms with Gasteiger partial charge in [0.15, 0.2) is 0 Å². The molecule has 0 saturated heterocycles. The van der Waals surface area contributed by atoms with Gasteiger partial charge in [-0.1, -0.05) is 6.07 Å². The first-order valence-electron chi connectivity index (χ1n) is 3.94. The summed E-state index contributed by atoms with van der Waals surface area (Å²) in [5.74, 6) is 0. The van der Waals surface area contributed by atoms with Crippen molar-refractivity contribution in [1.29, 1.82) is 0 Å². The molecule has 0 spiro atoms. The van der Waals surface area contributed by atoms with E-state index in [1.165, 1.54) is 10.5 Å². The first-order chi connectivity index (χ1) is 6.31. The Bertz CT molecular complexity index is 496. The maximum Gasteiger partial charge on any atom is 0.256 e. The van der Waals surface area contributed by atoms with Crippen LogP contribution in [-0.4, -0.2) is 15.7 Å². The Balaban J connectivity index is 2.68. The van der Waals surface area contributed by atoms with Crippen molar-refractivity contribution in [3.05, 3.63) is 40.4 Å². The fraction of sp³-hybridized carbons (Fsp3) is 0.111. The number of fused-ring (bicyclic) bond motifs is 1. The van der Waals surface area contributed by atoms with Crippen LogP contribution in [0.5, 0.6) is 0 Å². The molecular formula is C9H8N2O2. The zero-order valence-electron chi connectivity index (χ0n) is 6.86. The molecule has 0 amide bonds. The standard InChI is InChI=1S/C9H8N2O2/c12-5-4-7-6-11-8(10-7)2-1-3-9(11)13/h1-3,5-6,10H,4H2. The Morgan fingerprint density at radius 3 is 3.00 bits per heavy atom. The highest BCUT2D eigenvalue weighted by Gasteiger charge is 1.99. The van der Waals surface area contributed by atoms with Crippen molar-refractivity contribution >= 4 is 11.9 Å². The molecule has 0 unspecified atom stereocenters. The monoisotopic (exact) mass is 176 g/mol. The van der Waals surface area contributed by atoms with Crippen LogP contribution in [0.15, 0.2) is 29.2 Å². The van der Waals surface area contributed by atoms with Gasteiger partial charge in [0.05, 0.1) is 0 Å². The lowest BCUT2D eigenvalue weighted by Gasteiger charge is -1.87. The van der Waals surface area contributed by atoms with Crippen LogP contribution in [0.4, 0.5) is 0 Å². The van der Waals surface area contributed by atoms with Crippen molar-refractivity contribution in [2.75, 3.05) is 0 Å². The maximum absolute atomic E-state index is 11.3. The van der Waals surface area contributed by atoms with E-state index in [1.807, 2.05) is 0 Å². The highest BCUT2D eigenvalue weighted by molar-refractivity contribution is 5.54. The fourth-order valence-corrected chi connectivity index (χ4v) is 1.28. The number of rotatable bonds is 2. The number of aromatic nitrogens is 2. The molecule has 0 aliphatic heterocycles. The number of aldehydes is 1. The molecule has 0 saturated carbocycles. The number of H-pyrrole nitrogens is 1. The molecule has 0 aromatic carbocycles. The van der Waals surface area contributed by atoms with Gasteiger partial charge in [-0.05, 0) is 6.07 Å². The van der Waals surface area contributed by atoms with Crippen LogP contribution in [0.3, 0.4) is 0 Å². The minimum Gasteiger partial charge on any atom is -0.343 e. The average Bonchev–Trinajstić information content (AvgIpc) is 2.49. The van der Waals surface area contributed by atoms with Gasteiger partial charge in [-0.3, -0.25) is 9.20 Å². The van der Waals surface area contributed by atoms with Gasteiger partial charge in [0.1, 0.15) is 11.9 Å². The summed E-state index contributed by atoms with van der Waals surface area (Å²) in [7, 11) is 0. The number of nitrogens with one attached hydrogen (secondary N) is 1. The number of hydrogen-bond donors (Lipinski definition) is 1. The van der Waals surface area contributed by atoms with E-state index in [2.05, 4.69) is 4.98 Å². The van der Waals surface area contributed by atoms with Gasteiger partial charge in [-0.15, -0.1) is 0 Å². The van der Waals surface area contributed by atoms with E-state index in [4.69, 9.17) is 0 Å². The third-order valence-corrected chi connectivity index (χ3v) is 1.87. The van der Waals surface area contributed by atoms with E-state index >= 15 is 0 Å². The Labute approximate surface area is 73.8 Å². The molecule has 0 radical (unpaired) electrons. The molecule has 0 fully saturated rings. The lowest BCUT2D eigenvalue weighted by atomic mass is 10.4. The molecule has 0 aliphatic carbocycles. The zero-order valence-corrected chi connectivity index (χ0v) is 6.86. The molecule has 13 heavy (non-hydrogen) atoms. The van der Waals surface area contributed by atoms with E-state index in [0.717, 1.165) is 12.0 Å². The van der Waals surface area contributed by atoms with Crippen LogP contribution < -0.4 is 5.56 Å². The predicted molar refractivity (Wildman–Crippen MR) is 47.8 cm³/mol. The van der Waals surface area contributed by atoms with Gasteiger partial charge in [0.2, 0.25) is 0 Å². The van der Waals surface area contributed by atoms with Gasteiger partial charge in [-0.25, -0.2) is 0 Å². The third-order valence-electron chi connectivity index (χ3n) is 1.87. The van der Waals surface area contributed by atoms with E-state index in [1.54, 1.807) is 18.3 Å². The summed E-state index contributed by atoms with van der Waals surface area (Å²) >= 11 is 0. The van der Waals surface area contributed by atoms with E-state index in [-0.39, 0.29) is 5.56 Å². The van der Waals surface area contributed by atoms with E-state index in [9.17, 15) is 9.59 Å². The second-order valence-corrected chi connectivity index (χ2v) is 2.77. The number of imidazole rings is 1. The zero-order chi connectivity index (χ0) is 9.26. The van der Waals surface area contributed by atoms with Crippen molar-refractivity contribution < 1.29 is 4.79 Å². The highest BCUT2D eigenvalue weighted by Crippen LogP contribution is 2.00. The minimum atomic E-state index is -0.0918. The van der Waals surface area contributed by atoms with Crippen LogP contribution in [0.1, 0.15) is 5.69 Å². The number of aromatic amines is 1. The van der Waals surface area contributed by atoms with Crippen LogP contribution >= 0.6 is 0 Å². The van der Waals surface area contributed by atoms with Crippen LogP contribution in [0.25, 0.3) is 5.65 Å². The number of nitrogens with zero attached hydrogens (tertiary/aromatic N) is 1. The van der Waals surface area contributed by atoms with Gasteiger partial charge >= 0.3 is 0 Å². The Morgan fingerprint density at radius 1 is 1.46 bits per heavy atom. The van der Waals surface area contributed by atoms with Crippen molar-refractivity contribution in [2.45, 2.75) is 6.42 Å². The van der Waals surface area contributed by atoms with Gasteiger partial charge < -0.3 is 9.78 Å². The van der Waals surface area contributed by atoms with Gasteiger partial charge in [0, 0.05) is 24.4 Å².